The molecule has 2 heteroatoms. The van der Waals surface area contributed by atoms with E-state index in [4.69, 9.17) is 4.74 Å². The topological polar surface area (TPSA) is 26.3 Å². The summed E-state index contributed by atoms with van der Waals surface area (Å²) in [5.41, 5.74) is 0.123. The first kappa shape index (κ1) is 14.4. The molecule has 0 spiro atoms. The summed E-state index contributed by atoms with van der Waals surface area (Å²) in [6, 6.07) is 0. The summed E-state index contributed by atoms with van der Waals surface area (Å²) in [6.45, 7) is 8.62. The molecule has 0 aliphatic heterocycles. The molecular formula is C18H30O2. The fraction of sp³-hybridized carbons (Fsp3) is 0.944. The third-order valence-electron chi connectivity index (χ3n) is 5.62. The Morgan fingerprint density at radius 3 is 1.95 bits per heavy atom. The van der Waals surface area contributed by atoms with Gasteiger partial charge in [-0.2, -0.15) is 0 Å². The van der Waals surface area contributed by atoms with Gasteiger partial charge in [-0.1, -0.05) is 27.7 Å². The predicted molar refractivity (Wildman–Crippen MR) is 80.2 cm³/mol. The Morgan fingerprint density at radius 1 is 1.10 bits per heavy atom. The highest BCUT2D eigenvalue weighted by molar-refractivity contribution is 5.72. The molecule has 0 aromatic carbocycles. The molecule has 4 fully saturated rings. The van der Waals surface area contributed by atoms with Crippen molar-refractivity contribution in [1.29, 1.82) is 0 Å². The van der Waals surface area contributed by atoms with Crippen LogP contribution in [0.4, 0.5) is 0 Å². The largest absolute Gasteiger partial charge is 0.459 e. The Bertz CT molecular complexity index is 355. The van der Waals surface area contributed by atoms with Gasteiger partial charge in [-0.15, -0.1) is 0 Å². The van der Waals surface area contributed by atoms with Crippen LogP contribution < -0.4 is 0 Å². The van der Waals surface area contributed by atoms with E-state index in [9.17, 15) is 4.79 Å². The Labute approximate surface area is 123 Å². The molecule has 20 heavy (non-hydrogen) atoms. The summed E-state index contributed by atoms with van der Waals surface area (Å²) < 4.78 is 6.12. The minimum Gasteiger partial charge on any atom is -0.459 e. The van der Waals surface area contributed by atoms with E-state index >= 15 is 0 Å². The molecule has 4 aliphatic carbocycles. The van der Waals surface area contributed by atoms with Gasteiger partial charge < -0.3 is 4.74 Å². The Balaban J connectivity index is 1.64. The highest BCUT2D eigenvalue weighted by Crippen LogP contribution is 2.57. The SMILES string of the molecule is CC(CC(C)(C)C)C(=O)OC12CC3CC(CC(C3)C1)C2. The van der Waals surface area contributed by atoms with Gasteiger partial charge in [0, 0.05) is 0 Å². The maximum atomic E-state index is 12.5. The van der Waals surface area contributed by atoms with Crippen LogP contribution in [-0.2, 0) is 9.53 Å². The van der Waals surface area contributed by atoms with Crippen LogP contribution in [0.3, 0.4) is 0 Å². The van der Waals surface area contributed by atoms with Crippen molar-refractivity contribution in [3.05, 3.63) is 0 Å². The summed E-state index contributed by atoms with van der Waals surface area (Å²) in [5, 5.41) is 0. The van der Waals surface area contributed by atoms with Gasteiger partial charge in [0.15, 0.2) is 0 Å². The highest BCUT2D eigenvalue weighted by Gasteiger charge is 2.53. The molecule has 4 bridgehead atoms. The first-order valence-electron chi connectivity index (χ1n) is 8.48. The number of esters is 1. The Kier molecular flexibility index (Phi) is 3.42. The van der Waals surface area contributed by atoms with Crippen molar-refractivity contribution in [1.82, 2.24) is 0 Å². The summed E-state index contributed by atoms with van der Waals surface area (Å²) in [7, 11) is 0. The molecule has 4 aliphatic rings. The van der Waals surface area contributed by atoms with E-state index in [0.29, 0.717) is 0 Å². The third kappa shape index (κ3) is 2.89. The fourth-order valence-corrected chi connectivity index (χ4v) is 5.47. The van der Waals surface area contributed by atoms with E-state index in [1.807, 2.05) is 6.92 Å². The van der Waals surface area contributed by atoms with E-state index in [1.54, 1.807) is 0 Å². The lowest BCUT2D eigenvalue weighted by molar-refractivity contribution is -0.191. The van der Waals surface area contributed by atoms with Crippen molar-refractivity contribution in [2.75, 3.05) is 0 Å². The number of hydrogen-bond acceptors (Lipinski definition) is 2. The van der Waals surface area contributed by atoms with Crippen LogP contribution in [0.5, 0.6) is 0 Å². The standard InChI is InChI=1S/C18H30O2/c1-12(8-17(2,3)4)16(19)20-18-9-13-5-14(10-18)7-15(6-13)11-18/h12-15H,5-11H2,1-4H3. The zero-order valence-electron chi connectivity index (χ0n) is 13.6. The second-order valence-electron chi connectivity index (χ2n) is 9.19. The highest BCUT2D eigenvalue weighted by atomic mass is 16.6. The summed E-state index contributed by atoms with van der Waals surface area (Å²) in [6.07, 6.45) is 8.54. The van der Waals surface area contributed by atoms with Crippen molar-refractivity contribution >= 4 is 5.97 Å². The fourth-order valence-electron chi connectivity index (χ4n) is 5.47. The van der Waals surface area contributed by atoms with Crippen LogP contribution >= 0.6 is 0 Å². The van der Waals surface area contributed by atoms with Crippen LogP contribution in [-0.4, -0.2) is 11.6 Å². The second kappa shape index (κ2) is 4.74. The number of carbonyl (C=O) groups excluding carboxylic acids is 1. The normalized spacial score (nSPS) is 40.7. The van der Waals surface area contributed by atoms with Gasteiger partial charge in [0.25, 0.3) is 0 Å². The monoisotopic (exact) mass is 278 g/mol. The van der Waals surface area contributed by atoms with Crippen LogP contribution in [0.1, 0.15) is 72.6 Å². The molecule has 1 unspecified atom stereocenters. The van der Waals surface area contributed by atoms with E-state index in [2.05, 4.69) is 20.8 Å². The maximum absolute atomic E-state index is 12.5. The Morgan fingerprint density at radius 2 is 1.55 bits per heavy atom. The van der Waals surface area contributed by atoms with E-state index < -0.39 is 0 Å². The van der Waals surface area contributed by atoms with Crippen molar-refractivity contribution < 1.29 is 9.53 Å². The van der Waals surface area contributed by atoms with Gasteiger partial charge in [-0.3, -0.25) is 4.79 Å². The van der Waals surface area contributed by atoms with Gasteiger partial charge in [0.2, 0.25) is 0 Å². The van der Waals surface area contributed by atoms with Crippen LogP contribution in [0.25, 0.3) is 0 Å². The second-order valence-corrected chi connectivity index (χ2v) is 9.19. The zero-order chi connectivity index (χ0) is 14.5. The first-order valence-corrected chi connectivity index (χ1v) is 8.48. The molecule has 0 aromatic rings. The summed E-state index contributed by atoms with van der Waals surface area (Å²) in [5.74, 6) is 2.61. The third-order valence-corrected chi connectivity index (χ3v) is 5.62. The van der Waals surface area contributed by atoms with Crippen molar-refractivity contribution in [3.8, 4) is 0 Å². The molecule has 0 amide bonds. The molecule has 1 atom stereocenters. The summed E-state index contributed by atoms with van der Waals surface area (Å²) >= 11 is 0. The van der Waals surface area contributed by atoms with Gasteiger partial charge in [0.05, 0.1) is 5.92 Å². The van der Waals surface area contributed by atoms with Crippen LogP contribution in [0, 0.1) is 29.1 Å². The van der Waals surface area contributed by atoms with Crippen molar-refractivity contribution in [3.63, 3.8) is 0 Å². The zero-order valence-corrected chi connectivity index (χ0v) is 13.6. The smallest absolute Gasteiger partial charge is 0.309 e. The quantitative estimate of drug-likeness (QED) is 0.707. The molecule has 0 N–H and O–H groups in total. The molecule has 0 radical (unpaired) electrons. The number of hydrogen-bond donors (Lipinski definition) is 0. The molecule has 0 heterocycles. The van der Waals surface area contributed by atoms with Gasteiger partial charge in [0.1, 0.15) is 5.60 Å². The lowest BCUT2D eigenvalue weighted by Crippen LogP contribution is -2.53. The summed E-state index contributed by atoms with van der Waals surface area (Å²) in [4.78, 5) is 12.5. The van der Waals surface area contributed by atoms with Crippen molar-refractivity contribution in [2.45, 2.75) is 78.2 Å². The van der Waals surface area contributed by atoms with Gasteiger partial charge >= 0.3 is 5.97 Å². The van der Waals surface area contributed by atoms with Crippen LogP contribution in [0.15, 0.2) is 0 Å². The van der Waals surface area contributed by atoms with E-state index in [0.717, 1.165) is 43.4 Å². The Hall–Kier alpha value is -0.530. The molecule has 0 aromatic heterocycles. The number of ether oxygens (including phenoxy) is 1. The lowest BCUT2D eigenvalue weighted by Gasteiger charge is -2.55. The number of rotatable bonds is 3. The van der Waals surface area contributed by atoms with Crippen molar-refractivity contribution in [2.24, 2.45) is 29.1 Å². The number of carbonyl (C=O) groups is 1. The van der Waals surface area contributed by atoms with Crippen LogP contribution in [0.2, 0.25) is 0 Å². The van der Waals surface area contributed by atoms with E-state index in [1.165, 1.54) is 19.3 Å². The predicted octanol–water partition coefficient (Wildman–Crippen LogP) is 4.57. The molecule has 0 saturated heterocycles. The minimum atomic E-state index is -0.0715. The molecule has 4 rings (SSSR count). The molecule has 4 saturated carbocycles. The maximum Gasteiger partial charge on any atom is 0.309 e. The minimum absolute atomic E-state index is 0.0306. The average molecular weight is 278 g/mol. The molecular weight excluding hydrogens is 248 g/mol. The lowest BCUT2D eigenvalue weighted by atomic mass is 9.54. The van der Waals surface area contributed by atoms with Gasteiger partial charge in [-0.25, -0.2) is 0 Å². The average Bonchev–Trinajstić information content (AvgIpc) is 2.23. The van der Waals surface area contributed by atoms with E-state index in [-0.39, 0.29) is 22.9 Å². The first-order chi connectivity index (χ1) is 9.25. The van der Waals surface area contributed by atoms with Gasteiger partial charge in [-0.05, 0) is 68.1 Å². The molecule has 2 nitrogen and oxygen atoms in total. The molecule has 114 valence electrons.